The number of anilines is 2. The first-order valence-electron chi connectivity index (χ1n) is 5.99. The van der Waals surface area contributed by atoms with E-state index in [1.54, 1.807) is 12.1 Å². The third kappa shape index (κ3) is 2.81. The monoisotopic (exact) mass is 284 g/mol. The van der Waals surface area contributed by atoms with Crippen LogP contribution in [0.1, 0.15) is 23.2 Å². The summed E-state index contributed by atoms with van der Waals surface area (Å²) in [5.41, 5.74) is 6.35. The van der Waals surface area contributed by atoms with Crippen molar-refractivity contribution in [2.24, 2.45) is 0 Å². The summed E-state index contributed by atoms with van der Waals surface area (Å²) < 4.78 is 23.4. The quantitative estimate of drug-likeness (QED) is 0.710. The van der Waals surface area contributed by atoms with Crippen LogP contribution in [0.5, 0.6) is 0 Å². The Bertz CT molecular complexity index is 598. The Morgan fingerprint density at radius 1 is 1.47 bits per heavy atom. The Hall–Kier alpha value is -1.76. The third-order valence-electron chi connectivity index (χ3n) is 3.32. The van der Waals surface area contributed by atoms with Gasteiger partial charge in [0.1, 0.15) is 0 Å². The summed E-state index contributed by atoms with van der Waals surface area (Å²) in [5, 5.41) is 11.5. The van der Waals surface area contributed by atoms with E-state index in [4.69, 9.17) is 10.8 Å². The molecule has 0 radical (unpaired) electrons. The normalized spacial score (nSPS) is 21.2. The molecule has 1 fully saturated rings. The summed E-state index contributed by atoms with van der Waals surface area (Å²) in [5.74, 6) is -0.876. The number of carboxylic acids is 1. The standard InChI is InChI=1S/C12H16N2O4S/c13-11-9(12(15)16)4-1-5-10(11)14-7-8-3-2-6-19(8,17)18/h1,4-5,8,14H,2-3,6-7,13H2,(H,15,16). The van der Waals surface area contributed by atoms with Crippen molar-refractivity contribution >= 4 is 27.2 Å². The molecule has 0 spiro atoms. The van der Waals surface area contributed by atoms with E-state index in [0.717, 1.165) is 0 Å². The molecule has 2 rings (SSSR count). The van der Waals surface area contributed by atoms with Gasteiger partial charge in [0, 0.05) is 6.54 Å². The number of hydrogen-bond donors (Lipinski definition) is 3. The third-order valence-corrected chi connectivity index (χ3v) is 5.60. The second-order valence-corrected chi connectivity index (χ2v) is 6.98. The van der Waals surface area contributed by atoms with Gasteiger partial charge in [-0.2, -0.15) is 0 Å². The highest BCUT2D eigenvalue weighted by molar-refractivity contribution is 7.92. The number of rotatable bonds is 4. The molecule has 4 N–H and O–H groups in total. The van der Waals surface area contributed by atoms with E-state index in [1.165, 1.54) is 6.07 Å². The number of hydrogen-bond acceptors (Lipinski definition) is 5. The first-order valence-corrected chi connectivity index (χ1v) is 7.70. The second kappa shape index (κ2) is 5.08. The summed E-state index contributed by atoms with van der Waals surface area (Å²) in [7, 11) is -3.02. The van der Waals surface area contributed by atoms with Gasteiger partial charge in [0.2, 0.25) is 0 Å². The van der Waals surface area contributed by atoms with Crippen molar-refractivity contribution in [1.29, 1.82) is 0 Å². The summed E-state index contributed by atoms with van der Waals surface area (Å²) in [6.45, 7) is 0.260. The zero-order valence-corrected chi connectivity index (χ0v) is 11.1. The Morgan fingerprint density at radius 2 is 2.21 bits per heavy atom. The number of nitrogen functional groups attached to an aromatic ring is 1. The first kappa shape index (κ1) is 13.7. The summed E-state index contributed by atoms with van der Waals surface area (Å²) in [6, 6.07) is 4.63. The Kier molecular flexibility index (Phi) is 3.66. The average Bonchev–Trinajstić information content (AvgIpc) is 2.67. The Balaban J connectivity index is 2.12. The number of carbonyl (C=O) groups is 1. The van der Waals surface area contributed by atoms with Crippen LogP contribution in [0.2, 0.25) is 0 Å². The molecule has 1 heterocycles. The minimum Gasteiger partial charge on any atom is -0.478 e. The topological polar surface area (TPSA) is 109 Å². The van der Waals surface area contributed by atoms with Gasteiger partial charge in [-0.25, -0.2) is 13.2 Å². The molecule has 0 aromatic heterocycles. The van der Waals surface area contributed by atoms with Crippen LogP contribution >= 0.6 is 0 Å². The minimum absolute atomic E-state index is 0.0132. The van der Waals surface area contributed by atoms with Crippen LogP contribution in [0.4, 0.5) is 11.4 Å². The number of sulfone groups is 1. The van der Waals surface area contributed by atoms with Crippen molar-refractivity contribution in [3.63, 3.8) is 0 Å². The minimum atomic E-state index is -3.02. The van der Waals surface area contributed by atoms with Crippen molar-refractivity contribution < 1.29 is 18.3 Å². The fourth-order valence-corrected chi connectivity index (χ4v) is 3.98. The van der Waals surface area contributed by atoms with Gasteiger partial charge in [0.25, 0.3) is 0 Å². The van der Waals surface area contributed by atoms with E-state index in [2.05, 4.69) is 5.32 Å². The van der Waals surface area contributed by atoms with Crippen molar-refractivity contribution in [1.82, 2.24) is 0 Å². The van der Waals surface area contributed by atoms with Gasteiger partial charge in [-0.05, 0) is 25.0 Å². The molecule has 1 aromatic rings. The van der Waals surface area contributed by atoms with E-state index in [1.807, 2.05) is 0 Å². The van der Waals surface area contributed by atoms with Gasteiger partial charge in [-0.15, -0.1) is 0 Å². The fraction of sp³-hybridized carbons (Fsp3) is 0.417. The number of nitrogens with one attached hydrogen (secondary N) is 1. The van der Waals surface area contributed by atoms with Gasteiger partial charge in [0.15, 0.2) is 9.84 Å². The molecule has 0 saturated carbocycles. The predicted octanol–water partition coefficient (Wildman–Crippen LogP) is 0.956. The van der Waals surface area contributed by atoms with E-state index in [-0.39, 0.29) is 23.5 Å². The van der Waals surface area contributed by atoms with E-state index in [9.17, 15) is 13.2 Å². The molecule has 0 bridgehead atoms. The van der Waals surface area contributed by atoms with Crippen molar-refractivity contribution in [2.75, 3.05) is 23.3 Å². The summed E-state index contributed by atoms with van der Waals surface area (Å²) >= 11 is 0. The number of nitrogens with two attached hydrogens (primary N) is 1. The van der Waals surface area contributed by atoms with E-state index < -0.39 is 21.1 Å². The maximum absolute atomic E-state index is 11.7. The van der Waals surface area contributed by atoms with Crippen molar-refractivity contribution in [3.8, 4) is 0 Å². The van der Waals surface area contributed by atoms with Crippen LogP contribution in [-0.4, -0.2) is 37.0 Å². The van der Waals surface area contributed by atoms with Crippen LogP contribution < -0.4 is 11.1 Å². The fourth-order valence-electron chi connectivity index (χ4n) is 2.22. The van der Waals surface area contributed by atoms with Gasteiger partial charge in [-0.3, -0.25) is 0 Å². The molecular formula is C12H16N2O4S. The molecule has 1 aliphatic rings. The van der Waals surface area contributed by atoms with Crippen molar-refractivity contribution in [3.05, 3.63) is 23.8 Å². The lowest BCUT2D eigenvalue weighted by Crippen LogP contribution is -2.25. The molecule has 0 aliphatic carbocycles. The van der Waals surface area contributed by atoms with Gasteiger partial charge in [0.05, 0.1) is 27.9 Å². The molecule has 0 amide bonds. The SMILES string of the molecule is Nc1c(NCC2CCCS2(=O)=O)cccc1C(=O)O. The van der Waals surface area contributed by atoms with Crippen LogP contribution in [-0.2, 0) is 9.84 Å². The largest absolute Gasteiger partial charge is 0.478 e. The molecule has 1 saturated heterocycles. The molecule has 6 nitrogen and oxygen atoms in total. The smallest absolute Gasteiger partial charge is 0.337 e. The molecule has 1 aliphatic heterocycles. The zero-order valence-electron chi connectivity index (χ0n) is 10.3. The molecule has 1 atom stereocenters. The highest BCUT2D eigenvalue weighted by Gasteiger charge is 2.31. The van der Waals surface area contributed by atoms with Crippen LogP contribution in [0.25, 0.3) is 0 Å². The van der Waals surface area contributed by atoms with E-state index in [0.29, 0.717) is 18.5 Å². The number of para-hydroxylation sites is 1. The maximum Gasteiger partial charge on any atom is 0.337 e. The Morgan fingerprint density at radius 3 is 2.79 bits per heavy atom. The molecule has 1 unspecified atom stereocenters. The lowest BCUT2D eigenvalue weighted by Gasteiger charge is -2.14. The lowest BCUT2D eigenvalue weighted by atomic mass is 10.1. The van der Waals surface area contributed by atoms with Crippen LogP contribution in [0, 0.1) is 0 Å². The van der Waals surface area contributed by atoms with Gasteiger partial charge >= 0.3 is 5.97 Å². The Labute approximate surface area is 111 Å². The molecular weight excluding hydrogens is 268 g/mol. The molecule has 7 heteroatoms. The molecule has 104 valence electrons. The number of benzene rings is 1. The summed E-state index contributed by atoms with van der Waals surface area (Å²) in [6.07, 6.45) is 1.31. The zero-order chi connectivity index (χ0) is 14.0. The second-order valence-electron chi connectivity index (χ2n) is 4.58. The predicted molar refractivity (Wildman–Crippen MR) is 73.1 cm³/mol. The number of aromatic carboxylic acids is 1. The summed E-state index contributed by atoms with van der Waals surface area (Å²) in [4.78, 5) is 10.9. The number of carboxylic acid groups (broad SMARTS) is 1. The van der Waals surface area contributed by atoms with Gasteiger partial charge in [-0.1, -0.05) is 6.07 Å². The van der Waals surface area contributed by atoms with E-state index >= 15 is 0 Å². The van der Waals surface area contributed by atoms with Crippen molar-refractivity contribution in [2.45, 2.75) is 18.1 Å². The first-order chi connectivity index (χ1) is 8.92. The van der Waals surface area contributed by atoms with Crippen LogP contribution in [0.15, 0.2) is 18.2 Å². The van der Waals surface area contributed by atoms with Gasteiger partial charge < -0.3 is 16.2 Å². The van der Waals surface area contributed by atoms with Crippen LogP contribution in [0.3, 0.4) is 0 Å². The maximum atomic E-state index is 11.7. The average molecular weight is 284 g/mol. The highest BCUT2D eigenvalue weighted by atomic mass is 32.2. The lowest BCUT2D eigenvalue weighted by molar-refractivity contribution is 0.0698. The molecule has 1 aromatic carbocycles. The highest BCUT2D eigenvalue weighted by Crippen LogP contribution is 2.25. The molecule has 19 heavy (non-hydrogen) atoms.